The van der Waals surface area contributed by atoms with E-state index in [9.17, 15) is 4.39 Å². The second-order valence-electron chi connectivity index (χ2n) is 4.92. The molecule has 2 rings (SSSR count). The van der Waals surface area contributed by atoms with E-state index in [2.05, 4.69) is 5.32 Å². The summed E-state index contributed by atoms with van der Waals surface area (Å²) in [5.41, 5.74) is 0. The molecule has 100 valence electrons. The zero-order chi connectivity index (χ0) is 12.6. The van der Waals surface area contributed by atoms with Crippen LogP contribution in [0.3, 0.4) is 0 Å². The van der Waals surface area contributed by atoms with E-state index in [1.165, 1.54) is 44.6 Å². The van der Waals surface area contributed by atoms with Gasteiger partial charge < -0.3 is 5.32 Å². The van der Waals surface area contributed by atoms with Gasteiger partial charge in [0.25, 0.3) is 0 Å². The molecule has 18 heavy (non-hydrogen) atoms. The Morgan fingerprint density at radius 1 is 1.11 bits per heavy atom. The lowest BCUT2D eigenvalue weighted by molar-refractivity contribution is 0.474. The Bertz CT molecular complexity index is 348. The van der Waals surface area contributed by atoms with Crippen molar-refractivity contribution in [2.24, 2.45) is 0 Å². The lowest BCUT2D eigenvalue weighted by Gasteiger charge is -2.15. The molecule has 0 unspecified atom stereocenters. The predicted octanol–water partition coefficient (Wildman–Crippen LogP) is 4.23. The van der Waals surface area contributed by atoms with Crippen LogP contribution in [0.4, 0.5) is 4.39 Å². The third-order valence-electron chi connectivity index (χ3n) is 3.48. The highest BCUT2D eigenvalue weighted by atomic mass is 32.2. The van der Waals surface area contributed by atoms with E-state index in [1.807, 2.05) is 12.1 Å². The van der Waals surface area contributed by atoms with Crippen molar-refractivity contribution in [1.82, 2.24) is 5.32 Å². The van der Waals surface area contributed by atoms with Crippen molar-refractivity contribution in [3.63, 3.8) is 0 Å². The average molecular weight is 267 g/mol. The van der Waals surface area contributed by atoms with E-state index >= 15 is 0 Å². The minimum Gasteiger partial charge on any atom is -0.313 e. The van der Waals surface area contributed by atoms with E-state index in [0.717, 1.165) is 17.2 Å². The van der Waals surface area contributed by atoms with Crippen LogP contribution in [0, 0.1) is 5.82 Å². The van der Waals surface area contributed by atoms with Crippen LogP contribution >= 0.6 is 11.8 Å². The maximum absolute atomic E-state index is 13.4. The van der Waals surface area contributed by atoms with Crippen molar-refractivity contribution in [3.05, 3.63) is 30.1 Å². The third-order valence-corrected chi connectivity index (χ3v) is 4.53. The molecule has 0 saturated heterocycles. The van der Waals surface area contributed by atoms with E-state index < -0.39 is 0 Å². The normalized spacial score (nSPS) is 17.6. The Hall–Kier alpha value is -0.540. The monoisotopic (exact) mass is 267 g/mol. The van der Waals surface area contributed by atoms with Gasteiger partial charge in [0.15, 0.2) is 0 Å². The van der Waals surface area contributed by atoms with Crippen molar-refractivity contribution >= 4 is 11.8 Å². The van der Waals surface area contributed by atoms with Gasteiger partial charge in [0.05, 0.1) is 0 Å². The molecule has 0 amide bonds. The van der Waals surface area contributed by atoms with Gasteiger partial charge in [-0.05, 0) is 25.0 Å². The molecule has 1 N–H and O–H groups in total. The minimum absolute atomic E-state index is 0.100. The maximum Gasteiger partial charge on any atom is 0.136 e. The predicted molar refractivity (Wildman–Crippen MR) is 76.6 cm³/mol. The van der Waals surface area contributed by atoms with Gasteiger partial charge in [-0.2, -0.15) is 0 Å². The first kappa shape index (κ1) is 13.9. The van der Waals surface area contributed by atoms with Gasteiger partial charge in [-0.15, -0.1) is 11.8 Å². The molecule has 1 aliphatic rings. The molecule has 0 aliphatic heterocycles. The molecule has 0 atom stereocenters. The summed E-state index contributed by atoms with van der Waals surface area (Å²) < 4.78 is 13.4. The van der Waals surface area contributed by atoms with Crippen molar-refractivity contribution in [2.75, 3.05) is 12.3 Å². The quantitative estimate of drug-likeness (QED) is 0.487. The van der Waals surface area contributed by atoms with Crippen molar-refractivity contribution in [2.45, 2.75) is 49.5 Å². The van der Waals surface area contributed by atoms with Crippen LogP contribution in [0.15, 0.2) is 29.2 Å². The summed E-state index contributed by atoms with van der Waals surface area (Å²) in [6.45, 7) is 0.976. The van der Waals surface area contributed by atoms with Crippen LogP contribution in [0.2, 0.25) is 0 Å². The van der Waals surface area contributed by atoms with Crippen LogP contribution in [-0.2, 0) is 0 Å². The molecule has 0 aromatic heterocycles. The number of benzene rings is 1. The first-order valence-corrected chi connectivity index (χ1v) is 7.95. The summed E-state index contributed by atoms with van der Waals surface area (Å²) in [6, 6.07) is 7.70. The summed E-state index contributed by atoms with van der Waals surface area (Å²) in [5.74, 6) is 0.842. The van der Waals surface area contributed by atoms with Crippen molar-refractivity contribution < 1.29 is 4.39 Å². The Kier molecular flexibility index (Phi) is 6.01. The second kappa shape index (κ2) is 7.80. The molecule has 1 aliphatic carbocycles. The second-order valence-corrected chi connectivity index (χ2v) is 6.06. The first-order chi connectivity index (χ1) is 8.86. The molecule has 1 aromatic carbocycles. The number of halogens is 1. The SMILES string of the molecule is Fc1ccccc1SCCNC1CCCCCC1. The molecule has 3 heteroatoms. The Morgan fingerprint density at radius 3 is 2.56 bits per heavy atom. The molecule has 0 heterocycles. The number of hydrogen-bond donors (Lipinski definition) is 1. The van der Waals surface area contributed by atoms with Crippen LogP contribution in [-0.4, -0.2) is 18.3 Å². The smallest absolute Gasteiger partial charge is 0.136 e. The van der Waals surface area contributed by atoms with Crippen LogP contribution in [0.25, 0.3) is 0 Å². The molecule has 1 nitrogen and oxygen atoms in total. The summed E-state index contributed by atoms with van der Waals surface area (Å²) in [5, 5.41) is 3.61. The van der Waals surface area contributed by atoms with Gasteiger partial charge in [-0.3, -0.25) is 0 Å². The van der Waals surface area contributed by atoms with Gasteiger partial charge in [0, 0.05) is 23.2 Å². The van der Waals surface area contributed by atoms with Crippen LogP contribution < -0.4 is 5.32 Å². The Balaban J connectivity index is 1.65. The van der Waals surface area contributed by atoms with Crippen LogP contribution in [0.1, 0.15) is 38.5 Å². The van der Waals surface area contributed by atoms with E-state index in [-0.39, 0.29) is 5.82 Å². The highest BCUT2D eigenvalue weighted by Crippen LogP contribution is 2.21. The largest absolute Gasteiger partial charge is 0.313 e. The molecular weight excluding hydrogens is 245 g/mol. The van der Waals surface area contributed by atoms with Gasteiger partial charge in [0.1, 0.15) is 5.82 Å². The fourth-order valence-corrected chi connectivity index (χ4v) is 3.29. The fourth-order valence-electron chi connectivity index (χ4n) is 2.47. The molecular formula is C15H22FNS. The molecule has 0 radical (unpaired) electrons. The summed E-state index contributed by atoms with van der Waals surface area (Å²) in [7, 11) is 0. The summed E-state index contributed by atoms with van der Waals surface area (Å²) in [6.07, 6.45) is 8.12. The molecule has 0 bridgehead atoms. The fraction of sp³-hybridized carbons (Fsp3) is 0.600. The zero-order valence-electron chi connectivity index (χ0n) is 10.8. The number of rotatable bonds is 5. The van der Waals surface area contributed by atoms with Gasteiger partial charge >= 0.3 is 0 Å². The van der Waals surface area contributed by atoms with Crippen molar-refractivity contribution in [1.29, 1.82) is 0 Å². The van der Waals surface area contributed by atoms with Gasteiger partial charge in [0.2, 0.25) is 0 Å². The minimum atomic E-state index is -0.100. The molecule has 1 aromatic rings. The lowest BCUT2D eigenvalue weighted by Crippen LogP contribution is -2.30. The lowest BCUT2D eigenvalue weighted by atomic mass is 10.1. The zero-order valence-corrected chi connectivity index (χ0v) is 11.6. The average Bonchev–Trinajstić information content (AvgIpc) is 2.65. The van der Waals surface area contributed by atoms with Crippen LogP contribution in [0.5, 0.6) is 0 Å². The number of hydrogen-bond acceptors (Lipinski definition) is 2. The summed E-state index contributed by atoms with van der Waals surface area (Å²) in [4.78, 5) is 0.764. The molecule has 1 fully saturated rings. The Morgan fingerprint density at radius 2 is 1.83 bits per heavy atom. The summed E-state index contributed by atoms with van der Waals surface area (Å²) >= 11 is 1.60. The first-order valence-electron chi connectivity index (χ1n) is 6.97. The van der Waals surface area contributed by atoms with Gasteiger partial charge in [-0.25, -0.2) is 4.39 Å². The number of thioether (sulfide) groups is 1. The number of nitrogens with one attached hydrogen (secondary N) is 1. The third kappa shape index (κ3) is 4.62. The van der Waals surface area contributed by atoms with E-state index in [4.69, 9.17) is 0 Å². The van der Waals surface area contributed by atoms with E-state index in [1.54, 1.807) is 17.8 Å². The highest BCUT2D eigenvalue weighted by Gasteiger charge is 2.10. The molecule has 1 saturated carbocycles. The highest BCUT2D eigenvalue weighted by molar-refractivity contribution is 7.99. The van der Waals surface area contributed by atoms with Gasteiger partial charge in [-0.1, -0.05) is 37.8 Å². The van der Waals surface area contributed by atoms with E-state index in [0.29, 0.717) is 6.04 Å². The standard InChI is InChI=1S/C15H22FNS/c16-14-9-5-6-10-15(14)18-12-11-17-13-7-3-1-2-4-8-13/h5-6,9-10,13,17H,1-4,7-8,11-12H2. The Labute approximate surface area is 114 Å². The molecule has 0 spiro atoms. The topological polar surface area (TPSA) is 12.0 Å². The van der Waals surface area contributed by atoms with Crippen molar-refractivity contribution in [3.8, 4) is 0 Å². The maximum atomic E-state index is 13.4.